The number of hydrogen-bond donors (Lipinski definition) is 2. The van der Waals surface area contributed by atoms with Crippen molar-refractivity contribution in [1.29, 1.82) is 0 Å². The standard InChI is InChI=1S/C7H4N2O6S/c10-7(11)3-1-6(16)5(9(14)15)2-4(3)8(12)13/h1-2,16H,(H,10,11). The summed E-state index contributed by atoms with van der Waals surface area (Å²) in [7, 11) is 0. The molecule has 1 aromatic rings. The fraction of sp³-hybridized carbons (Fsp3) is 0. The van der Waals surface area contributed by atoms with Crippen LogP contribution in [-0.4, -0.2) is 20.9 Å². The Bertz CT molecular complexity index is 500. The first-order valence-corrected chi connectivity index (χ1v) is 4.18. The minimum absolute atomic E-state index is 0.243. The molecule has 0 atom stereocenters. The highest BCUT2D eigenvalue weighted by Gasteiger charge is 2.26. The molecule has 0 saturated heterocycles. The molecule has 0 aliphatic carbocycles. The van der Waals surface area contributed by atoms with Crippen LogP contribution in [0, 0.1) is 20.2 Å². The van der Waals surface area contributed by atoms with Crippen molar-refractivity contribution < 1.29 is 19.7 Å². The zero-order valence-corrected chi connectivity index (χ0v) is 8.38. The van der Waals surface area contributed by atoms with Crippen LogP contribution in [0.15, 0.2) is 17.0 Å². The summed E-state index contributed by atoms with van der Waals surface area (Å²) in [4.78, 5) is 29.5. The van der Waals surface area contributed by atoms with Gasteiger partial charge in [-0.1, -0.05) is 0 Å². The van der Waals surface area contributed by atoms with Crippen molar-refractivity contribution in [1.82, 2.24) is 0 Å². The van der Waals surface area contributed by atoms with Crippen molar-refractivity contribution in [3.63, 3.8) is 0 Å². The number of carboxylic acid groups (broad SMARTS) is 1. The summed E-state index contributed by atoms with van der Waals surface area (Å²) in [5.74, 6) is -1.54. The fourth-order valence-corrected chi connectivity index (χ4v) is 1.31. The molecule has 0 bridgehead atoms. The number of nitro groups is 2. The molecule has 0 radical (unpaired) electrons. The second-order valence-electron chi connectivity index (χ2n) is 2.68. The zero-order chi connectivity index (χ0) is 12.5. The van der Waals surface area contributed by atoms with Crippen molar-refractivity contribution in [3.8, 4) is 0 Å². The first kappa shape index (κ1) is 11.9. The number of nitrogens with zero attached hydrogens (tertiary/aromatic N) is 2. The molecule has 1 rings (SSSR count). The third kappa shape index (κ3) is 2.08. The van der Waals surface area contributed by atoms with E-state index in [-0.39, 0.29) is 4.90 Å². The van der Waals surface area contributed by atoms with E-state index in [0.717, 1.165) is 6.07 Å². The molecule has 16 heavy (non-hydrogen) atoms. The second kappa shape index (κ2) is 4.14. The van der Waals surface area contributed by atoms with Crippen molar-refractivity contribution in [3.05, 3.63) is 37.9 Å². The summed E-state index contributed by atoms with van der Waals surface area (Å²) >= 11 is 3.69. The van der Waals surface area contributed by atoms with Gasteiger partial charge in [-0.05, 0) is 6.07 Å². The molecular weight excluding hydrogens is 240 g/mol. The van der Waals surface area contributed by atoms with Crippen LogP contribution in [0.5, 0.6) is 0 Å². The highest BCUT2D eigenvalue weighted by atomic mass is 32.1. The molecule has 1 aromatic carbocycles. The Hall–Kier alpha value is -2.16. The van der Waals surface area contributed by atoms with E-state index >= 15 is 0 Å². The van der Waals surface area contributed by atoms with Crippen LogP contribution in [-0.2, 0) is 0 Å². The highest BCUT2D eigenvalue weighted by molar-refractivity contribution is 7.80. The Morgan fingerprint density at radius 1 is 1.19 bits per heavy atom. The van der Waals surface area contributed by atoms with Gasteiger partial charge in [0.1, 0.15) is 5.56 Å². The summed E-state index contributed by atoms with van der Waals surface area (Å²) in [6.45, 7) is 0. The Labute approximate surface area is 93.2 Å². The van der Waals surface area contributed by atoms with Gasteiger partial charge in [0, 0.05) is 0 Å². The Balaban J connectivity index is 3.55. The van der Waals surface area contributed by atoms with Crippen molar-refractivity contribution >= 4 is 30.0 Å². The molecular formula is C7H4N2O6S. The quantitative estimate of drug-likeness (QED) is 0.471. The number of nitro benzene ring substituents is 2. The molecule has 84 valence electrons. The number of thiol groups is 1. The van der Waals surface area contributed by atoms with Crippen LogP contribution >= 0.6 is 12.6 Å². The lowest BCUT2D eigenvalue weighted by molar-refractivity contribution is -0.396. The number of carboxylic acids is 1. The van der Waals surface area contributed by atoms with Crippen molar-refractivity contribution in [2.75, 3.05) is 0 Å². The molecule has 1 N–H and O–H groups in total. The largest absolute Gasteiger partial charge is 0.477 e. The van der Waals surface area contributed by atoms with Crippen LogP contribution in [0.25, 0.3) is 0 Å². The van der Waals surface area contributed by atoms with Crippen LogP contribution in [0.1, 0.15) is 10.4 Å². The molecule has 0 aliphatic heterocycles. The Morgan fingerprint density at radius 2 is 1.69 bits per heavy atom. The summed E-state index contributed by atoms with van der Waals surface area (Å²) in [6.07, 6.45) is 0. The lowest BCUT2D eigenvalue weighted by Gasteiger charge is -2.00. The average Bonchev–Trinajstić information content (AvgIpc) is 2.15. The van der Waals surface area contributed by atoms with Crippen LogP contribution in [0.2, 0.25) is 0 Å². The van der Waals surface area contributed by atoms with Gasteiger partial charge in [-0.15, -0.1) is 12.6 Å². The maximum absolute atomic E-state index is 10.7. The van der Waals surface area contributed by atoms with Crippen LogP contribution < -0.4 is 0 Å². The molecule has 8 nitrogen and oxygen atoms in total. The van der Waals surface area contributed by atoms with Crippen molar-refractivity contribution in [2.45, 2.75) is 4.90 Å². The molecule has 0 amide bonds. The SMILES string of the molecule is O=C(O)c1cc(S)c([N+](=O)[O-])cc1[N+](=O)[O-]. The van der Waals surface area contributed by atoms with Gasteiger partial charge in [0.25, 0.3) is 11.4 Å². The molecule has 0 heterocycles. The van der Waals surface area contributed by atoms with E-state index in [2.05, 4.69) is 12.6 Å². The van der Waals surface area contributed by atoms with E-state index in [1.807, 2.05) is 0 Å². The third-order valence-electron chi connectivity index (χ3n) is 1.72. The summed E-state index contributed by atoms with van der Waals surface area (Å²) in [5, 5.41) is 29.6. The Morgan fingerprint density at radius 3 is 2.06 bits per heavy atom. The van der Waals surface area contributed by atoms with Gasteiger partial charge in [0.05, 0.1) is 20.8 Å². The predicted molar refractivity (Wildman–Crippen MR) is 54.0 cm³/mol. The predicted octanol–water partition coefficient (Wildman–Crippen LogP) is 1.49. The van der Waals surface area contributed by atoms with E-state index in [1.54, 1.807) is 0 Å². The smallest absolute Gasteiger partial charge is 0.342 e. The number of benzene rings is 1. The minimum Gasteiger partial charge on any atom is -0.477 e. The van der Waals surface area contributed by atoms with E-state index in [4.69, 9.17) is 5.11 Å². The molecule has 0 aliphatic rings. The molecule has 0 aromatic heterocycles. The van der Waals surface area contributed by atoms with E-state index in [9.17, 15) is 25.0 Å². The lowest BCUT2D eigenvalue weighted by atomic mass is 10.1. The molecule has 0 unspecified atom stereocenters. The van der Waals surface area contributed by atoms with Gasteiger partial charge in [-0.25, -0.2) is 4.79 Å². The van der Waals surface area contributed by atoms with E-state index in [0.29, 0.717) is 6.07 Å². The second-order valence-corrected chi connectivity index (χ2v) is 3.16. The third-order valence-corrected chi connectivity index (χ3v) is 2.07. The summed E-state index contributed by atoms with van der Waals surface area (Å²) < 4.78 is 0. The molecule has 0 fully saturated rings. The summed E-state index contributed by atoms with van der Waals surface area (Å²) in [5.41, 5.74) is -2.09. The maximum Gasteiger partial charge on any atom is 0.342 e. The minimum atomic E-state index is -1.54. The van der Waals surface area contributed by atoms with Crippen molar-refractivity contribution in [2.24, 2.45) is 0 Å². The average molecular weight is 244 g/mol. The zero-order valence-electron chi connectivity index (χ0n) is 7.48. The first-order valence-electron chi connectivity index (χ1n) is 3.73. The topological polar surface area (TPSA) is 124 Å². The van der Waals surface area contributed by atoms with E-state index in [1.165, 1.54) is 0 Å². The first-order chi connectivity index (χ1) is 7.34. The maximum atomic E-state index is 10.7. The molecule has 0 spiro atoms. The van der Waals surface area contributed by atoms with E-state index < -0.39 is 32.8 Å². The Kier molecular flexibility index (Phi) is 3.09. The van der Waals surface area contributed by atoms with Crippen LogP contribution in [0.3, 0.4) is 0 Å². The van der Waals surface area contributed by atoms with Gasteiger partial charge in [-0.2, -0.15) is 0 Å². The number of rotatable bonds is 3. The van der Waals surface area contributed by atoms with Gasteiger partial charge < -0.3 is 5.11 Å². The summed E-state index contributed by atoms with van der Waals surface area (Å²) in [6, 6.07) is 1.35. The number of carbonyl (C=O) groups is 1. The van der Waals surface area contributed by atoms with Gasteiger partial charge in [0.15, 0.2) is 0 Å². The highest BCUT2D eigenvalue weighted by Crippen LogP contribution is 2.30. The normalized spacial score (nSPS) is 9.81. The molecule has 0 saturated carbocycles. The molecule has 9 heteroatoms. The van der Waals surface area contributed by atoms with Gasteiger partial charge in [0.2, 0.25) is 0 Å². The van der Waals surface area contributed by atoms with Crippen LogP contribution in [0.4, 0.5) is 11.4 Å². The van der Waals surface area contributed by atoms with Gasteiger partial charge >= 0.3 is 5.97 Å². The number of aromatic carboxylic acids is 1. The monoisotopic (exact) mass is 244 g/mol. The fourth-order valence-electron chi connectivity index (χ4n) is 1.03. The van der Waals surface area contributed by atoms with Gasteiger partial charge in [-0.3, -0.25) is 20.2 Å². The lowest BCUT2D eigenvalue weighted by Crippen LogP contribution is -2.04. The number of hydrogen-bond acceptors (Lipinski definition) is 6.